The van der Waals surface area contributed by atoms with Crippen LogP contribution in [-0.2, 0) is 27.9 Å². The molecule has 1 spiro atoms. The molecule has 1 amide bonds. The van der Waals surface area contributed by atoms with Crippen LogP contribution in [0.2, 0.25) is 5.02 Å². The van der Waals surface area contributed by atoms with Crippen molar-refractivity contribution >= 4 is 29.0 Å². The zero-order valence-electron chi connectivity index (χ0n) is 17.1. The summed E-state index contributed by atoms with van der Waals surface area (Å²) in [6, 6.07) is 4.96. The Bertz CT molecular complexity index is 1010. The molecule has 1 aromatic carbocycles. The number of hydrogen-bond donors (Lipinski definition) is 0. The van der Waals surface area contributed by atoms with Crippen molar-refractivity contribution in [2.24, 2.45) is 4.99 Å². The zero-order valence-corrected chi connectivity index (χ0v) is 18.7. The van der Waals surface area contributed by atoms with Crippen molar-refractivity contribution in [3.63, 3.8) is 0 Å². The summed E-state index contributed by atoms with van der Waals surface area (Å²) in [6.07, 6.45) is 2.23. The second kappa shape index (κ2) is 7.54. The van der Waals surface area contributed by atoms with E-state index in [1.54, 1.807) is 18.2 Å². The first-order valence-electron chi connectivity index (χ1n) is 9.67. The van der Waals surface area contributed by atoms with Crippen molar-refractivity contribution < 1.29 is 19.0 Å². The van der Waals surface area contributed by atoms with Gasteiger partial charge < -0.3 is 14.2 Å². The van der Waals surface area contributed by atoms with E-state index in [0.29, 0.717) is 40.6 Å². The fourth-order valence-electron chi connectivity index (χ4n) is 3.91. The smallest absolute Gasteiger partial charge is 0.282 e. The Morgan fingerprint density at radius 3 is 2.69 bits per heavy atom. The van der Waals surface area contributed by atoms with E-state index < -0.39 is 5.79 Å². The summed E-state index contributed by atoms with van der Waals surface area (Å²) >= 11 is 7.61. The summed E-state index contributed by atoms with van der Waals surface area (Å²) < 4.78 is 20.2. The van der Waals surface area contributed by atoms with Crippen molar-refractivity contribution in [1.82, 2.24) is 3.96 Å². The second-order valence-electron chi connectivity index (χ2n) is 8.33. The van der Waals surface area contributed by atoms with Crippen LogP contribution in [0.25, 0.3) is 0 Å². The van der Waals surface area contributed by atoms with E-state index in [4.69, 9.17) is 25.8 Å². The summed E-state index contributed by atoms with van der Waals surface area (Å²) in [6.45, 7) is 7.67. The maximum Gasteiger partial charge on any atom is 0.282 e. The topological polar surface area (TPSA) is 62.0 Å². The van der Waals surface area contributed by atoms with Crippen LogP contribution in [0.15, 0.2) is 23.2 Å². The molecule has 1 aromatic heterocycles. The standard InChI is InChI=1S/C21H25ClN2O4S/c1-20(2,3)24-16-7-8-21(27-9-10-28-21)12-15(16)19(29-24)23-18(25)14-11-13(22)5-6-17(14)26-4/h5-6,11H,7-10,12H2,1-4H3/b23-19-. The molecule has 0 radical (unpaired) electrons. The van der Waals surface area contributed by atoms with Gasteiger partial charge in [-0.2, -0.15) is 4.99 Å². The lowest BCUT2D eigenvalue weighted by molar-refractivity contribution is -0.164. The number of nitrogens with zero attached hydrogens (tertiary/aromatic N) is 2. The fraction of sp³-hybridized carbons (Fsp3) is 0.524. The number of carbonyl (C=O) groups is 1. The molecule has 1 saturated heterocycles. The molecule has 156 valence electrons. The van der Waals surface area contributed by atoms with E-state index >= 15 is 0 Å². The average Bonchev–Trinajstić information content (AvgIpc) is 3.26. The minimum atomic E-state index is -0.592. The molecule has 29 heavy (non-hydrogen) atoms. The number of carbonyl (C=O) groups excluding carboxylic acids is 1. The molecule has 1 aliphatic carbocycles. The third-order valence-corrected chi connectivity index (χ3v) is 6.93. The molecule has 0 atom stereocenters. The van der Waals surface area contributed by atoms with Crippen molar-refractivity contribution in [3.05, 3.63) is 44.7 Å². The lowest BCUT2D eigenvalue weighted by Crippen LogP contribution is -2.39. The average molecular weight is 437 g/mol. The van der Waals surface area contributed by atoms with Crippen LogP contribution in [0.5, 0.6) is 5.75 Å². The Morgan fingerprint density at radius 2 is 2.03 bits per heavy atom. The van der Waals surface area contributed by atoms with Crippen molar-refractivity contribution in [2.45, 2.75) is 51.4 Å². The minimum absolute atomic E-state index is 0.110. The number of aromatic nitrogens is 1. The highest BCUT2D eigenvalue weighted by atomic mass is 35.5. The first kappa shape index (κ1) is 20.6. The maximum absolute atomic E-state index is 13.0. The lowest BCUT2D eigenvalue weighted by atomic mass is 9.91. The largest absolute Gasteiger partial charge is 0.496 e. The monoisotopic (exact) mass is 436 g/mol. The third-order valence-electron chi connectivity index (χ3n) is 5.24. The van der Waals surface area contributed by atoms with Crippen LogP contribution in [0.1, 0.15) is 48.8 Å². The predicted octanol–water partition coefficient (Wildman–Crippen LogP) is 3.94. The van der Waals surface area contributed by atoms with E-state index in [1.165, 1.54) is 24.3 Å². The Balaban J connectivity index is 1.83. The summed E-state index contributed by atoms with van der Waals surface area (Å²) in [5.74, 6) is -0.510. The molecule has 1 aliphatic heterocycles. The highest BCUT2D eigenvalue weighted by molar-refractivity contribution is 7.04. The molecular weight excluding hydrogens is 412 g/mol. The van der Waals surface area contributed by atoms with Crippen molar-refractivity contribution in [3.8, 4) is 5.75 Å². The number of methoxy groups -OCH3 is 1. The molecule has 2 aromatic rings. The van der Waals surface area contributed by atoms with Gasteiger partial charge in [0.05, 0.1) is 25.9 Å². The number of rotatable bonds is 2. The van der Waals surface area contributed by atoms with Gasteiger partial charge in [-0.25, -0.2) is 0 Å². The van der Waals surface area contributed by atoms with Gasteiger partial charge in [-0.1, -0.05) is 11.6 Å². The fourth-order valence-corrected chi connectivity index (χ4v) is 5.27. The van der Waals surface area contributed by atoms with E-state index in [0.717, 1.165) is 18.4 Å². The summed E-state index contributed by atoms with van der Waals surface area (Å²) in [5, 5.41) is 0.467. The van der Waals surface area contributed by atoms with Crippen LogP contribution in [0, 0.1) is 0 Å². The van der Waals surface area contributed by atoms with Gasteiger partial charge in [-0.05, 0) is 56.9 Å². The quantitative estimate of drug-likeness (QED) is 0.715. The van der Waals surface area contributed by atoms with Crippen LogP contribution >= 0.6 is 23.1 Å². The SMILES string of the molecule is COc1ccc(Cl)cc1C(=O)/N=c1\sn(C(C)(C)C)c2c1CC1(CC2)OCCO1. The molecule has 0 saturated carbocycles. The van der Waals surface area contributed by atoms with Crippen LogP contribution in [-0.4, -0.2) is 36.0 Å². The van der Waals surface area contributed by atoms with Crippen LogP contribution < -0.4 is 9.41 Å². The lowest BCUT2D eigenvalue weighted by Gasteiger charge is -2.33. The van der Waals surface area contributed by atoms with Crippen molar-refractivity contribution in [1.29, 1.82) is 0 Å². The molecular formula is C21H25ClN2O4S. The third kappa shape index (κ3) is 3.89. The van der Waals surface area contributed by atoms with Gasteiger partial charge >= 0.3 is 0 Å². The van der Waals surface area contributed by atoms with Gasteiger partial charge in [-0.3, -0.25) is 8.75 Å². The van der Waals surface area contributed by atoms with Gasteiger partial charge in [0, 0.05) is 34.7 Å². The molecule has 6 nitrogen and oxygen atoms in total. The maximum atomic E-state index is 13.0. The van der Waals surface area contributed by atoms with Gasteiger partial charge in [-0.15, -0.1) is 0 Å². The second-order valence-corrected chi connectivity index (χ2v) is 9.70. The van der Waals surface area contributed by atoms with Gasteiger partial charge in [0.2, 0.25) is 0 Å². The van der Waals surface area contributed by atoms with Crippen molar-refractivity contribution in [2.75, 3.05) is 20.3 Å². The number of benzene rings is 1. The van der Waals surface area contributed by atoms with E-state index in [2.05, 4.69) is 29.7 Å². The number of ether oxygens (including phenoxy) is 3. The zero-order chi connectivity index (χ0) is 20.8. The molecule has 1 fully saturated rings. The normalized spacial score (nSPS) is 18.9. The first-order chi connectivity index (χ1) is 13.7. The van der Waals surface area contributed by atoms with E-state index in [9.17, 15) is 4.79 Å². The molecule has 0 unspecified atom stereocenters. The Hall–Kier alpha value is -1.67. The molecule has 2 aliphatic rings. The Kier molecular flexibility index (Phi) is 5.36. The van der Waals surface area contributed by atoms with E-state index in [-0.39, 0.29) is 11.4 Å². The number of fused-ring (bicyclic) bond motifs is 1. The molecule has 2 heterocycles. The van der Waals surface area contributed by atoms with Crippen LogP contribution in [0.3, 0.4) is 0 Å². The minimum Gasteiger partial charge on any atom is -0.496 e. The Morgan fingerprint density at radius 1 is 1.31 bits per heavy atom. The highest BCUT2D eigenvalue weighted by Crippen LogP contribution is 2.37. The van der Waals surface area contributed by atoms with Gasteiger partial charge in [0.15, 0.2) is 5.79 Å². The number of amides is 1. The molecule has 0 bridgehead atoms. The number of hydrogen-bond acceptors (Lipinski definition) is 5. The molecule has 4 rings (SSSR count). The number of halogens is 1. The van der Waals surface area contributed by atoms with E-state index in [1.807, 2.05) is 0 Å². The van der Waals surface area contributed by atoms with Gasteiger partial charge in [0.1, 0.15) is 10.4 Å². The predicted molar refractivity (Wildman–Crippen MR) is 112 cm³/mol. The summed E-state index contributed by atoms with van der Waals surface area (Å²) in [4.78, 5) is 17.5. The summed E-state index contributed by atoms with van der Waals surface area (Å²) in [5.41, 5.74) is 2.48. The molecule has 8 heteroatoms. The molecule has 0 N–H and O–H groups in total. The first-order valence-corrected chi connectivity index (χ1v) is 10.8. The van der Waals surface area contributed by atoms with Crippen LogP contribution in [0.4, 0.5) is 0 Å². The highest BCUT2D eigenvalue weighted by Gasteiger charge is 2.42. The Labute approximate surface area is 179 Å². The summed E-state index contributed by atoms with van der Waals surface area (Å²) in [7, 11) is 1.53. The van der Waals surface area contributed by atoms with Gasteiger partial charge in [0.25, 0.3) is 5.91 Å².